The fraction of sp³-hybridized carbons (Fsp3) is 0.889. The number of hydrogen-bond acceptors (Lipinski definition) is 5. The van der Waals surface area contributed by atoms with Crippen LogP contribution in [0.3, 0.4) is 0 Å². The van der Waals surface area contributed by atoms with Gasteiger partial charge in [0.2, 0.25) is 10.0 Å². The average Bonchev–Trinajstić information content (AvgIpc) is 2.14. The maximum absolute atomic E-state index is 11.4. The molecule has 0 radical (unpaired) electrons. The molecule has 0 aromatic carbocycles. The van der Waals surface area contributed by atoms with E-state index in [9.17, 15) is 18.3 Å². The van der Waals surface area contributed by atoms with Crippen molar-refractivity contribution in [2.24, 2.45) is 0 Å². The van der Waals surface area contributed by atoms with Crippen molar-refractivity contribution in [2.45, 2.75) is 25.4 Å². The van der Waals surface area contributed by atoms with Crippen molar-refractivity contribution in [1.29, 1.82) is 0 Å². The SMILES string of the molecule is COCCCS(=O)(=O)NCC(C)(O)CC(=O)O. The molecule has 0 aromatic rings. The highest BCUT2D eigenvalue weighted by Gasteiger charge is 2.26. The van der Waals surface area contributed by atoms with Gasteiger partial charge in [-0.25, -0.2) is 13.1 Å². The van der Waals surface area contributed by atoms with Gasteiger partial charge >= 0.3 is 5.97 Å². The smallest absolute Gasteiger partial charge is 0.306 e. The summed E-state index contributed by atoms with van der Waals surface area (Å²) in [5, 5.41) is 18.1. The molecule has 0 rings (SSSR count). The number of rotatable bonds is 9. The van der Waals surface area contributed by atoms with Crippen LogP contribution in [0.2, 0.25) is 0 Å². The van der Waals surface area contributed by atoms with E-state index >= 15 is 0 Å². The summed E-state index contributed by atoms with van der Waals surface area (Å²) < 4.78 is 29.7. The number of nitrogens with one attached hydrogen (secondary N) is 1. The van der Waals surface area contributed by atoms with Gasteiger partial charge in [0.25, 0.3) is 0 Å². The van der Waals surface area contributed by atoms with Crippen LogP contribution in [0.1, 0.15) is 19.8 Å². The number of carboxylic acids is 1. The van der Waals surface area contributed by atoms with E-state index in [2.05, 4.69) is 4.72 Å². The summed E-state index contributed by atoms with van der Waals surface area (Å²) in [7, 11) is -2.04. The summed E-state index contributed by atoms with van der Waals surface area (Å²) in [5.74, 6) is -1.31. The van der Waals surface area contributed by atoms with Crippen LogP contribution in [0.4, 0.5) is 0 Å². The molecule has 0 aliphatic rings. The van der Waals surface area contributed by atoms with Crippen LogP contribution in [0, 0.1) is 0 Å². The van der Waals surface area contributed by atoms with Crippen LogP contribution in [0.5, 0.6) is 0 Å². The first-order valence-electron chi connectivity index (χ1n) is 5.09. The van der Waals surface area contributed by atoms with Gasteiger partial charge in [-0.15, -0.1) is 0 Å². The van der Waals surface area contributed by atoms with E-state index in [0.717, 1.165) is 0 Å². The van der Waals surface area contributed by atoms with Gasteiger partial charge in [-0.05, 0) is 13.3 Å². The first-order valence-corrected chi connectivity index (χ1v) is 6.74. The second kappa shape index (κ2) is 6.90. The summed E-state index contributed by atoms with van der Waals surface area (Å²) in [5.41, 5.74) is -1.60. The zero-order valence-electron chi connectivity index (χ0n) is 9.97. The van der Waals surface area contributed by atoms with E-state index < -0.39 is 28.0 Å². The minimum absolute atomic E-state index is 0.121. The van der Waals surface area contributed by atoms with Gasteiger partial charge in [0.05, 0.1) is 17.8 Å². The molecule has 8 heteroatoms. The number of hydrogen-bond donors (Lipinski definition) is 3. The Morgan fingerprint density at radius 3 is 2.53 bits per heavy atom. The van der Waals surface area contributed by atoms with Gasteiger partial charge < -0.3 is 14.9 Å². The summed E-state index contributed by atoms with van der Waals surface area (Å²) in [6.07, 6.45) is -0.180. The number of ether oxygens (including phenoxy) is 1. The molecule has 0 saturated heterocycles. The second-order valence-electron chi connectivity index (χ2n) is 4.05. The molecule has 0 aromatic heterocycles. The van der Waals surface area contributed by atoms with E-state index in [0.29, 0.717) is 13.0 Å². The Labute approximate surface area is 101 Å². The van der Waals surface area contributed by atoms with Gasteiger partial charge in [-0.2, -0.15) is 0 Å². The van der Waals surface area contributed by atoms with Gasteiger partial charge in [0, 0.05) is 20.3 Å². The lowest BCUT2D eigenvalue weighted by Gasteiger charge is -2.21. The summed E-state index contributed by atoms with van der Waals surface area (Å²) in [6, 6.07) is 0. The fourth-order valence-corrected chi connectivity index (χ4v) is 2.29. The lowest BCUT2D eigenvalue weighted by atomic mass is 10.0. The lowest BCUT2D eigenvalue weighted by Crippen LogP contribution is -2.42. The molecule has 0 aliphatic heterocycles. The highest BCUT2D eigenvalue weighted by atomic mass is 32.2. The zero-order chi connectivity index (χ0) is 13.5. The minimum atomic E-state index is -3.51. The summed E-state index contributed by atoms with van der Waals surface area (Å²) in [6.45, 7) is 1.26. The molecule has 0 spiro atoms. The fourth-order valence-electron chi connectivity index (χ4n) is 1.12. The number of sulfonamides is 1. The molecule has 0 amide bonds. The van der Waals surface area contributed by atoms with Gasteiger partial charge in [-0.1, -0.05) is 0 Å². The molecule has 0 fully saturated rings. The molecule has 0 saturated carbocycles. The Hall–Kier alpha value is -0.700. The number of methoxy groups -OCH3 is 1. The molecule has 7 nitrogen and oxygen atoms in total. The topological polar surface area (TPSA) is 113 Å². The summed E-state index contributed by atoms with van der Waals surface area (Å²) in [4.78, 5) is 10.4. The molecule has 0 aliphatic carbocycles. The Kier molecular flexibility index (Phi) is 6.61. The lowest BCUT2D eigenvalue weighted by molar-refractivity contribution is -0.141. The normalized spacial score (nSPS) is 15.5. The first kappa shape index (κ1) is 16.3. The van der Waals surface area contributed by atoms with Gasteiger partial charge in [-0.3, -0.25) is 4.79 Å². The van der Waals surface area contributed by atoms with Crippen LogP contribution in [0.25, 0.3) is 0 Å². The quantitative estimate of drug-likeness (QED) is 0.471. The van der Waals surface area contributed by atoms with Crippen LogP contribution in [-0.4, -0.2) is 56.2 Å². The van der Waals surface area contributed by atoms with E-state index in [1.54, 1.807) is 0 Å². The standard InChI is InChI=1S/C9H19NO6S/c1-9(13,6-8(11)12)7-10-17(14,15)5-3-4-16-2/h10,13H,3-7H2,1-2H3,(H,11,12). The van der Waals surface area contributed by atoms with E-state index in [1.807, 2.05) is 0 Å². The molecule has 1 unspecified atom stereocenters. The zero-order valence-corrected chi connectivity index (χ0v) is 10.8. The Morgan fingerprint density at radius 2 is 2.06 bits per heavy atom. The number of aliphatic hydroxyl groups is 1. The third kappa shape index (κ3) is 9.04. The predicted octanol–water partition coefficient (Wildman–Crippen LogP) is -0.832. The predicted molar refractivity (Wildman–Crippen MR) is 61.2 cm³/mol. The molecule has 1 atom stereocenters. The van der Waals surface area contributed by atoms with Crippen molar-refractivity contribution in [3.8, 4) is 0 Å². The van der Waals surface area contributed by atoms with Crippen LogP contribution in [0.15, 0.2) is 0 Å². The van der Waals surface area contributed by atoms with Crippen LogP contribution in [-0.2, 0) is 19.6 Å². The van der Waals surface area contributed by atoms with Crippen molar-refractivity contribution in [2.75, 3.05) is 26.0 Å². The van der Waals surface area contributed by atoms with Crippen molar-refractivity contribution >= 4 is 16.0 Å². The highest BCUT2D eigenvalue weighted by molar-refractivity contribution is 7.89. The summed E-state index contributed by atoms with van der Waals surface area (Å²) >= 11 is 0. The second-order valence-corrected chi connectivity index (χ2v) is 5.98. The maximum atomic E-state index is 11.4. The largest absolute Gasteiger partial charge is 0.481 e. The Bertz CT molecular complexity index is 337. The first-order chi connectivity index (χ1) is 7.68. The molecule has 102 valence electrons. The third-order valence-electron chi connectivity index (χ3n) is 1.97. The van der Waals surface area contributed by atoms with Crippen molar-refractivity contribution in [3.63, 3.8) is 0 Å². The Morgan fingerprint density at radius 1 is 1.47 bits per heavy atom. The van der Waals surface area contributed by atoms with Crippen LogP contribution < -0.4 is 4.72 Å². The molecular weight excluding hydrogens is 250 g/mol. The highest BCUT2D eigenvalue weighted by Crippen LogP contribution is 2.08. The average molecular weight is 269 g/mol. The molecule has 3 N–H and O–H groups in total. The molecule has 0 heterocycles. The minimum Gasteiger partial charge on any atom is -0.481 e. The van der Waals surface area contributed by atoms with Crippen LogP contribution >= 0.6 is 0 Å². The molecule has 0 bridgehead atoms. The van der Waals surface area contributed by atoms with E-state index in [4.69, 9.17) is 9.84 Å². The number of aliphatic carboxylic acids is 1. The maximum Gasteiger partial charge on any atom is 0.306 e. The monoisotopic (exact) mass is 269 g/mol. The van der Waals surface area contributed by atoms with Gasteiger partial charge in [0.15, 0.2) is 0 Å². The molecule has 17 heavy (non-hydrogen) atoms. The Balaban J connectivity index is 4.12. The number of carbonyl (C=O) groups is 1. The third-order valence-corrected chi connectivity index (χ3v) is 3.38. The van der Waals surface area contributed by atoms with E-state index in [-0.39, 0.29) is 12.3 Å². The van der Waals surface area contributed by atoms with Gasteiger partial charge in [0.1, 0.15) is 0 Å². The van der Waals surface area contributed by atoms with Crippen molar-refractivity contribution in [3.05, 3.63) is 0 Å². The number of carboxylic acid groups (broad SMARTS) is 1. The van der Waals surface area contributed by atoms with Crippen molar-refractivity contribution in [1.82, 2.24) is 4.72 Å². The van der Waals surface area contributed by atoms with E-state index in [1.165, 1.54) is 14.0 Å². The molecular formula is C9H19NO6S. The van der Waals surface area contributed by atoms with Crippen molar-refractivity contribution < 1.29 is 28.2 Å².